The second-order valence-electron chi connectivity index (χ2n) is 6.79. The van der Waals surface area contributed by atoms with Crippen LogP contribution in [0.25, 0.3) is 22.2 Å². The van der Waals surface area contributed by atoms with Gasteiger partial charge in [-0.05, 0) is 24.3 Å². The Balaban J connectivity index is 1.60. The van der Waals surface area contributed by atoms with E-state index in [4.69, 9.17) is 14.5 Å². The van der Waals surface area contributed by atoms with Crippen LogP contribution in [0.5, 0.6) is 0 Å². The van der Waals surface area contributed by atoms with Crippen molar-refractivity contribution >= 4 is 10.9 Å². The molecule has 4 heterocycles. The fourth-order valence-electron chi connectivity index (χ4n) is 3.88. The highest BCUT2D eigenvalue weighted by molar-refractivity contribution is 5.83. The normalized spacial score (nSPS) is 18.8. The number of nitrogens with zero attached hydrogens (tertiary/aromatic N) is 3. The minimum atomic E-state index is -0.550. The first kappa shape index (κ1) is 15.7. The Morgan fingerprint density at radius 3 is 2.77 bits per heavy atom. The van der Waals surface area contributed by atoms with Crippen molar-refractivity contribution in [1.82, 2.24) is 14.5 Å². The Morgan fingerprint density at radius 1 is 1.08 bits per heavy atom. The molecule has 0 N–H and O–H groups in total. The van der Waals surface area contributed by atoms with Gasteiger partial charge in [-0.1, -0.05) is 12.1 Å². The molecule has 6 heteroatoms. The minimum Gasteiger partial charge on any atom is -0.347 e. The molecule has 0 bridgehead atoms. The molecule has 0 aliphatic carbocycles. The van der Waals surface area contributed by atoms with Crippen molar-refractivity contribution in [3.05, 3.63) is 58.8 Å². The molecule has 1 aromatic carbocycles. The third-order valence-electron chi connectivity index (χ3n) is 5.25. The highest BCUT2D eigenvalue weighted by Crippen LogP contribution is 2.32. The topological polar surface area (TPSA) is 66.2 Å². The Kier molecular flexibility index (Phi) is 3.62. The van der Waals surface area contributed by atoms with Gasteiger partial charge in [0.2, 0.25) is 0 Å². The van der Waals surface area contributed by atoms with Crippen molar-refractivity contribution in [2.24, 2.45) is 0 Å². The first-order valence-electron chi connectivity index (χ1n) is 8.97. The van der Waals surface area contributed by atoms with Crippen LogP contribution in [-0.2, 0) is 22.4 Å². The maximum atomic E-state index is 13.0. The van der Waals surface area contributed by atoms with Crippen LogP contribution in [0.2, 0.25) is 0 Å². The lowest BCUT2D eigenvalue weighted by Gasteiger charge is -2.24. The largest absolute Gasteiger partial charge is 0.347 e. The number of aromatic nitrogens is 3. The lowest BCUT2D eigenvalue weighted by Crippen LogP contribution is -2.31. The molecule has 0 atom stereocenters. The van der Waals surface area contributed by atoms with E-state index >= 15 is 0 Å². The molecule has 26 heavy (non-hydrogen) atoms. The predicted octanol–water partition coefficient (Wildman–Crippen LogP) is 2.54. The molecular weight excluding hydrogens is 330 g/mol. The number of hydrogen-bond acceptors (Lipinski definition) is 5. The molecule has 1 saturated heterocycles. The van der Waals surface area contributed by atoms with E-state index in [9.17, 15) is 4.79 Å². The van der Waals surface area contributed by atoms with Crippen LogP contribution in [0, 0.1) is 0 Å². The zero-order valence-corrected chi connectivity index (χ0v) is 14.4. The van der Waals surface area contributed by atoms with Crippen LogP contribution in [0.4, 0.5) is 0 Å². The van der Waals surface area contributed by atoms with Gasteiger partial charge in [-0.25, -0.2) is 4.98 Å². The van der Waals surface area contributed by atoms with Gasteiger partial charge in [0.05, 0.1) is 29.8 Å². The number of pyridine rings is 1. The zero-order chi connectivity index (χ0) is 17.6. The number of aryl methyl sites for hydroxylation is 1. The molecule has 6 nitrogen and oxygen atoms in total. The van der Waals surface area contributed by atoms with Crippen LogP contribution in [0.1, 0.15) is 18.7 Å². The second-order valence-corrected chi connectivity index (χ2v) is 6.79. The van der Waals surface area contributed by atoms with E-state index in [-0.39, 0.29) is 5.56 Å². The molecule has 0 radical (unpaired) electrons. The average Bonchev–Trinajstić information content (AvgIpc) is 3.07. The highest BCUT2D eigenvalue weighted by atomic mass is 16.7. The van der Waals surface area contributed by atoms with Crippen LogP contribution in [-0.4, -0.2) is 33.5 Å². The Morgan fingerprint density at radius 2 is 1.96 bits per heavy atom. The molecule has 2 aliphatic rings. The van der Waals surface area contributed by atoms with Crippen molar-refractivity contribution in [3.8, 4) is 11.3 Å². The molecule has 5 rings (SSSR count). The predicted molar refractivity (Wildman–Crippen MR) is 96.8 cm³/mol. The molecule has 132 valence electrons. The average molecular weight is 349 g/mol. The van der Waals surface area contributed by atoms with E-state index in [1.165, 1.54) is 0 Å². The van der Waals surface area contributed by atoms with E-state index in [1.54, 1.807) is 10.8 Å². The molecule has 2 aromatic heterocycles. The fourth-order valence-corrected chi connectivity index (χ4v) is 3.88. The number of rotatable bonds is 1. The zero-order valence-electron chi connectivity index (χ0n) is 14.4. The van der Waals surface area contributed by atoms with Gasteiger partial charge in [-0.15, -0.1) is 0 Å². The quantitative estimate of drug-likeness (QED) is 0.675. The molecule has 0 unspecified atom stereocenters. The minimum absolute atomic E-state index is 0.00705. The third-order valence-corrected chi connectivity index (χ3v) is 5.25. The van der Waals surface area contributed by atoms with E-state index in [1.807, 2.05) is 36.4 Å². The van der Waals surface area contributed by atoms with E-state index in [2.05, 4.69) is 4.98 Å². The van der Waals surface area contributed by atoms with Gasteiger partial charge in [0.15, 0.2) is 5.79 Å². The standard InChI is InChI=1S/C20H19N3O3/c24-19-15-5-4-14(16-3-1-2-9-21-16)13-17(15)22-18-6-7-20(8-10-23(18)19)25-11-12-26-20/h1-5,9,13H,6-8,10-12H2. The summed E-state index contributed by atoms with van der Waals surface area (Å²) < 4.78 is 13.4. The number of hydrogen-bond donors (Lipinski definition) is 0. The number of ether oxygens (including phenoxy) is 2. The molecule has 0 saturated carbocycles. The van der Waals surface area contributed by atoms with Gasteiger partial charge in [-0.3, -0.25) is 14.3 Å². The molecular formula is C20H19N3O3. The van der Waals surface area contributed by atoms with E-state index < -0.39 is 5.79 Å². The SMILES string of the molecule is O=c1c2ccc(-c3ccccn3)cc2nc2n1CCC1(CC2)OCCO1. The van der Waals surface area contributed by atoms with Crippen LogP contribution < -0.4 is 5.56 Å². The van der Waals surface area contributed by atoms with Crippen molar-refractivity contribution < 1.29 is 9.47 Å². The first-order chi connectivity index (χ1) is 12.7. The first-order valence-corrected chi connectivity index (χ1v) is 8.97. The third kappa shape index (κ3) is 2.53. The van der Waals surface area contributed by atoms with Crippen LogP contribution in [0.3, 0.4) is 0 Å². The summed E-state index contributed by atoms with van der Waals surface area (Å²) in [5.41, 5.74) is 2.56. The lowest BCUT2D eigenvalue weighted by molar-refractivity contribution is -0.165. The summed E-state index contributed by atoms with van der Waals surface area (Å²) in [6.45, 7) is 1.81. The maximum Gasteiger partial charge on any atom is 0.261 e. The van der Waals surface area contributed by atoms with E-state index in [0.29, 0.717) is 43.5 Å². The summed E-state index contributed by atoms with van der Waals surface area (Å²) in [5.74, 6) is 0.252. The summed E-state index contributed by atoms with van der Waals surface area (Å²) in [6.07, 6.45) is 3.84. The van der Waals surface area contributed by atoms with E-state index in [0.717, 1.165) is 23.5 Å². The summed E-state index contributed by atoms with van der Waals surface area (Å²) in [7, 11) is 0. The molecule has 2 aliphatic heterocycles. The van der Waals surface area contributed by atoms with Gasteiger partial charge in [0.25, 0.3) is 5.56 Å². The second kappa shape index (κ2) is 6.00. The molecule has 0 amide bonds. The number of fused-ring (bicyclic) bond motifs is 2. The van der Waals surface area contributed by atoms with Crippen molar-refractivity contribution in [1.29, 1.82) is 0 Å². The van der Waals surface area contributed by atoms with Gasteiger partial charge in [-0.2, -0.15) is 0 Å². The highest BCUT2D eigenvalue weighted by Gasteiger charge is 2.38. The Labute approximate surface area is 150 Å². The van der Waals surface area contributed by atoms with Gasteiger partial charge in [0, 0.05) is 37.6 Å². The van der Waals surface area contributed by atoms with Crippen molar-refractivity contribution in [2.75, 3.05) is 13.2 Å². The Bertz CT molecular complexity index is 1020. The summed E-state index contributed by atoms with van der Waals surface area (Å²) >= 11 is 0. The maximum absolute atomic E-state index is 13.0. The Hall–Kier alpha value is -2.57. The van der Waals surface area contributed by atoms with Gasteiger partial charge < -0.3 is 9.47 Å². The molecule has 1 spiro atoms. The smallest absolute Gasteiger partial charge is 0.261 e. The summed E-state index contributed by atoms with van der Waals surface area (Å²) in [6, 6.07) is 11.5. The van der Waals surface area contributed by atoms with Crippen molar-refractivity contribution in [3.63, 3.8) is 0 Å². The fraction of sp³-hybridized carbons (Fsp3) is 0.350. The summed E-state index contributed by atoms with van der Waals surface area (Å²) in [5, 5.41) is 0.637. The molecule has 3 aromatic rings. The number of benzene rings is 1. The summed E-state index contributed by atoms with van der Waals surface area (Å²) in [4.78, 5) is 22.2. The lowest BCUT2D eigenvalue weighted by atomic mass is 10.1. The van der Waals surface area contributed by atoms with Crippen molar-refractivity contribution in [2.45, 2.75) is 31.6 Å². The van der Waals surface area contributed by atoms with Gasteiger partial charge >= 0.3 is 0 Å². The van der Waals surface area contributed by atoms with Gasteiger partial charge in [0.1, 0.15) is 5.82 Å². The van der Waals surface area contributed by atoms with Crippen LogP contribution >= 0.6 is 0 Å². The van der Waals surface area contributed by atoms with Crippen LogP contribution in [0.15, 0.2) is 47.4 Å². The molecule has 1 fully saturated rings. The monoisotopic (exact) mass is 349 g/mol.